The molecule has 1 atom stereocenters. The van der Waals surface area contributed by atoms with Crippen LogP contribution in [-0.2, 0) is 4.79 Å². The Hall–Kier alpha value is 0.170. The van der Waals surface area contributed by atoms with Gasteiger partial charge in [-0.1, -0.05) is 78.1 Å². The second-order valence-corrected chi connectivity index (χ2v) is 8.33. The van der Waals surface area contributed by atoms with Crippen LogP contribution in [-0.4, -0.2) is 20.9 Å². The quantitative estimate of drug-likeness (QED) is 0.214. The van der Waals surface area contributed by atoms with Crippen molar-refractivity contribution < 1.29 is 9.90 Å². The van der Waals surface area contributed by atoms with Crippen LogP contribution >= 0.6 is 24.4 Å². The average Bonchev–Trinajstić information content (AvgIpc) is 2.45. The Morgan fingerprint density at radius 1 is 0.905 bits per heavy atom. The lowest BCUT2D eigenvalue weighted by molar-refractivity contribution is -0.137. The summed E-state index contributed by atoms with van der Waals surface area (Å²) in [6.07, 6.45) is 14.7. The zero-order valence-corrected chi connectivity index (χ0v) is 15.6. The first-order valence-corrected chi connectivity index (χ1v) is 10.1. The van der Waals surface area contributed by atoms with Crippen LogP contribution in [0, 0.1) is 0 Å². The van der Waals surface area contributed by atoms with Gasteiger partial charge in [0.2, 0.25) is 0 Å². The van der Waals surface area contributed by atoms with Gasteiger partial charge in [-0.15, -0.1) is 11.8 Å². The van der Waals surface area contributed by atoms with E-state index in [1.165, 1.54) is 69.5 Å². The number of hydrogen-bond donors (Lipinski definition) is 2. The number of aliphatic carboxylic acids is 1. The van der Waals surface area contributed by atoms with Gasteiger partial charge in [0.15, 0.2) is 4.08 Å². The van der Waals surface area contributed by atoms with Gasteiger partial charge in [-0.2, -0.15) is 12.6 Å². The van der Waals surface area contributed by atoms with Gasteiger partial charge in [-0.05, 0) is 18.6 Å². The summed E-state index contributed by atoms with van der Waals surface area (Å²) in [4.78, 5) is 11.2. The molecule has 2 nitrogen and oxygen atoms in total. The lowest BCUT2D eigenvalue weighted by Crippen LogP contribution is -2.28. The Morgan fingerprint density at radius 2 is 1.38 bits per heavy atom. The lowest BCUT2D eigenvalue weighted by Gasteiger charge is -2.22. The van der Waals surface area contributed by atoms with Gasteiger partial charge in [0.05, 0.1) is 0 Å². The number of carboxylic acids is 1. The molecule has 0 aliphatic carbocycles. The van der Waals surface area contributed by atoms with Gasteiger partial charge in [0, 0.05) is 0 Å². The minimum atomic E-state index is -0.881. The smallest absolute Gasteiger partial charge is 0.329 e. The van der Waals surface area contributed by atoms with E-state index < -0.39 is 10.0 Å². The summed E-state index contributed by atoms with van der Waals surface area (Å²) < 4.78 is -0.881. The molecule has 0 saturated carbocycles. The van der Waals surface area contributed by atoms with Crippen LogP contribution < -0.4 is 0 Å². The Kier molecular flexibility index (Phi) is 13.9. The fourth-order valence-electron chi connectivity index (χ4n) is 2.41. The minimum Gasteiger partial charge on any atom is -0.480 e. The average molecular weight is 335 g/mol. The van der Waals surface area contributed by atoms with Crippen LogP contribution in [0.2, 0.25) is 0 Å². The number of hydrogen-bond acceptors (Lipinski definition) is 3. The molecule has 0 rings (SSSR count). The van der Waals surface area contributed by atoms with Crippen molar-refractivity contribution in [1.29, 1.82) is 0 Å². The zero-order chi connectivity index (χ0) is 16.0. The molecular formula is C17H34O2S2. The second kappa shape index (κ2) is 13.8. The predicted octanol–water partition coefficient (Wildman–Crippen LogP) is 6.15. The maximum Gasteiger partial charge on any atom is 0.329 e. The van der Waals surface area contributed by atoms with Crippen LogP contribution in [0.1, 0.15) is 90.9 Å². The first-order valence-electron chi connectivity index (χ1n) is 8.66. The van der Waals surface area contributed by atoms with Crippen LogP contribution in [0.15, 0.2) is 0 Å². The summed E-state index contributed by atoms with van der Waals surface area (Å²) in [5, 5.41) is 9.23. The molecule has 0 amide bonds. The second-order valence-electron chi connectivity index (χ2n) is 5.87. The van der Waals surface area contributed by atoms with E-state index in [2.05, 4.69) is 19.6 Å². The minimum absolute atomic E-state index is 0.633. The van der Waals surface area contributed by atoms with Gasteiger partial charge in [0.25, 0.3) is 0 Å². The van der Waals surface area contributed by atoms with E-state index in [0.717, 1.165) is 18.6 Å². The molecule has 1 unspecified atom stereocenters. The number of rotatable bonds is 15. The number of thioether (sulfide) groups is 1. The monoisotopic (exact) mass is 334 g/mol. The Labute approximate surface area is 141 Å². The van der Waals surface area contributed by atoms with Crippen molar-refractivity contribution in [1.82, 2.24) is 0 Å². The topological polar surface area (TPSA) is 37.3 Å². The molecule has 0 aromatic heterocycles. The van der Waals surface area contributed by atoms with Crippen LogP contribution in [0.25, 0.3) is 0 Å². The first kappa shape index (κ1) is 21.2. The number of carbonyl (C=O) groups is 1. The molecular weight excluding hydrogens is 300 g/mol. The van der Waals surface area contributed by atoms with Crippen molar-refractivity contribution >= 4 is 30.4 Å². The molecule has 0 aliphatic rings. The molecule has 21 heavy (non-hydrogen) atoms. The maximum absolute atomic E-state index is 11.2. The van der Waals surface area contributed by atoms with Crippen molar-refractivity contribution in [2.24, 2.45) is 0 Å². The molecule has 0 heterocycles. The lowest BCUT2D eigenvalue weighted by atomic mass is 10.1. The molecule has 4 heteroatoms. The SMILES string of the molecule is CCCCCCCCCCCCSC(S)(CCC)C(=O)O. The van der Waals surface area contributed by atoms with E-state index in [4.69, 9.17) is 0 Å². The van der Waals surface area contributed by atoms with Crippen molar-refractivity contribution in [2.75, 3.05) is 5.75 Å². The highest BCUT2D eigenvalue weighted by atomic mass is 32.2. The largest absolute Gasteiger partial charge is 0.480 e. The summed E-state index contributed by atoms with van der Waals surface area (Å²) >= 11 is 5.85. The van der Waals surface area contributed by atoms with Gasteiger partial charge in [0.1, 0.15) is 0 Å². The standard InChI is InChI=1S/C17H34O2S2/c1-3-5-6-7-8-9-10-11-12-13-15-21-17(20,14-4-2)16(18)19/h20H,3-15H2,1-2H3,(H,18,19). The van der Waals surface area contributed by atoms with E-state index in [9.17, 15) is 9.90 Å². The third-order valence-electron chi connectivity index (χ3n) is 3.76. The van der Waals surface area contributed by atoms with E-state index in [1.807, 2.05) is 6.92 Å². The Bertz CT molecular complexity index is 259. The number of thiol groups is 1. The van der Waals surface area contributed by atoms with Gasteiger partial charge in [-0.25, -0.2) is 4.79 Å². The highest BCUT2D eigenvalue weighted by Crippen LogP contribution is 2.35. The number of unbranched alkanes of at least 4 members (excludes halogenated alkanes) is 9. The molecule has 0 aromatic carbocycles. The molecule has 0 radical (unpaired) electrons. The highest BCUT2D eigenvalue weighted by molar-refractivity contribution is 8.12. The third kappa shape index (κ3) is 11.4. The zero-order valence-electron chi connectivity index (χ0n) is 13.9. The maximum atomic E-state index is 11.2. The molecule has 0 aromatic rings. The first-order chi connectivity index (χ1) is 10.1. The molecule has 1 N–H and O–H groups in total. The van der Waals surface area contributed by atoms with Crippen molar-refractivity contribution in [3.05, 3.63) is 0 Å². The fraction of sp³-hybridized carbons (Fsp3) is 0.941. The van der Waals surface area contributed by atoms with Gasteiger partial charge >= 0.3 is 5.97 Å². The summed E-state index contributed by atoms with van der Waals surface area (Å²) in [5.74, 6) is 0.122. The van der Waals surface area contributed by atoms with Crippen LogP contribution in [0.5, 0.6) is 0 Å². The van der Waals surface area contributed by atoms with Gasteiger partial charge < -0.3 is 5.11 Å². The molecule has 0 saturated heterocycles. The third-order valence-corrected chi connectivity index (χ3v) is 5.91. The summed E-state index contributed by atoms with van der Waals surface area (Å²) in [6, 6.07) is 0. The highest BCUT2D eigenvalue weighted by Gasteiger charge is 2.33. The molecule has 0 spiro atoms. The van der Waals surface area contributed by atoms with E-state index in [0.29, 0.717) is 6.42 Å². The molecule has 0 fully saturated rings. The predicted molar refractivity (Wildman–Crippen MR) is 98.6 cm³/mol. The summed E-state index contributed by atoms with van der Waals surface area (Å²) in [7, 11) is 0. The van der Waals surface area contributed by atoms with Crippen LogP contribution in [0.3, 0.4) is 0 Å². The Balaban J connectivity index is 3.44. The number of carboxylic acid groups (broad SMARTS) is 1. The van der Waals surface area contributed by atoms with Crippen molar-refractivity contribution in [2.45, 2.75) is 95.0 Å². The normalized spacial score (nSPS) is 14.0. The van der Waals surface area contributed by atoms with Crippen molar-refractivity contribution in [3.8, 4) is 0 Å². The van der Waals surface area contributed by atoms with E-state index in [1.54, 1.807) is 0 Å². The molecule has 126 valence electrons. The van der Waals surface area contributed by atoms with E-state index >= 15 is 0 Å². The molecule has 0 bridgehead atoms. The Morgan fingerprint density at radius 3 is 1.81 bits per heavy atom. The van der Waals surface area contributed by atoms with Gasteiger partial charge in [-0.3, -0.25) is 0 Å². The molecule has 0 aliphatic heterocycles. The fourth-order valence-corrected chi connectivity index (χ4v) is 4.07. The van der Waals surface area contributed by atoms with Crippen molar-refractivity contribution in [3.63, 3.8) is 0 Å². The van der Waals surface area contributed by atoms with Crippen LogP contribution in [0.4, 0.5) is 0 Å². The van der Waals surface area contributed by atoms with E-state index in [-0.39, 0.29) is 0 Å². The summed E-state index contributed by atoms with van der Waals surface area (Å²) in [6.45, 7) is 4.26. The summed E-state index contributed by atoms with van der Waals surface area (Å²) in [5.41, 5.74) is 0.